The summed E-state index contributed by atoms with van der Waals surface area (Å²) < 4.78 is 6.93. The van der Waals surface area contributed by atoms with Gasteiger partial charge in [0, 0.05) is 36.3 Å². The molecule has 4 heteroatoms. The molecule has 1 N–H and O–H groups in total. The van der Waals surface area contributed by atoms with Gasteiger partial charge in [0.25, 0.3) is 0 Å². The standard InChI is InChI=1S/C27H39NO3/c1-14-11-21-24(28-13-14)16(3)27(31-21)10-8-19-20-6-5-17-12-18(29)7-9-26(17,4)23(20)25(30)22(19)15(27)2/h14,16-17,19-21,23-24,28H,5-13H2,1-4H3/t14-,16+,17+,19-,20-,21+,23+,24-,26-,27-/m0/s1. The molecule has 4 aliphatic carbocycles. The van der Waals surface area contributed by atoms with Crippen LogP contribution >= 0.6 is 0 Å². The van der Waals surface area contributed by atoms with Gasteiger partial charge in [0.15, 0.2) is 5.78 Å². The maximum absolute atomic E-state index is 14.1. The van der Waals surface area contributed by atoms with Gasteiger partial charge in [0.1, 0.15) is 5.78 Å². The Morgan fingerprint density at radius 3 is 2.71 bits per heavy atom. The first-order valence-corrected chi connectivity index (χ1v) is 12.9. The number of fused-ring (bicyclic) bond motifs is 6. The van der Waals surface area contributed by atoms with E-state index in [1.807, 2.05) is 0 Å². The minimum atomic E-state index is -0.260. The van der Waals surface area contributed by atoms with Gasteiger partial charge in [-0.3, -0.25) is 9.59 Å². The van der Waals surface area contributed by atoms with E-state index in [2.05, 4.69) is 33.0 Å². The van der Waals surface area contributed by atoms with Crippen molar-refractivity contribution in [1.82, 2.24) is 5.32 Å². The molecule has 0 aromatic heterocycles. The highest BCUT2D eigenvalue weighted by molar-refractivity contribution is 6.02. The average molecular weight is 426 g/mol. The van der Waals surface area contributed by atoms with E-state index in [-0.39, 0.29) is 23.0 Å². The summed E-state index contributed by atoms with van der Waals surface area (Å²) in [4.78, 5) is 26.3. The number of carbonyl (C=O) groups is 2. The normalized spacial score (nSPS) is 53.9. The maximum atomic E-state index is 14.1. The van der Waals surface area contributed by atoms with Crippen LogP contribution in [0.2, 0.25) is 0 Å². The van der Waals surface area contributed by atoms with Crippen LogP contribution < -0.4 is 5.32 Å². The number of allylic oxidation sites excluding steroid dienone is 1. The zero-order valence-corrected chi connectivity index (χ0v) is 19.7. The van der Waals surface area contributed by atoms with Crippen LogP contribution in [0.4, 0.5) is 0 Å². The third-order valence-corrected chi connectivity index (χ3v) is 11.0. The summed E-state index contributed by atoms with van der Waals surface area (Å²) in [5.41, 5.74) is 2.17. The lowest BCUT2D eigenvalue weighted by molar-refractivity contribution is -0.138. The highest BCUT2D eigenvalue weighted by Gasteiger charge is 2.64. The number of hydrogen-bond acceptors (Lipinski definition) is 4. The lowest BCUT2D eigenvalue weighted by Crippen LogP contribution is -2.49. The Morgan fingerprint density at radius 1 is 1.10 bits per heavy atom. The Balaban J connectivity index is 1.38. The van der Waals surface area contributed by atoms with E-state index < -0.39 is 0 Å². The molecule has 4 nitrogen and oxygen atoms in total. The third-order valence-electron chi connectivity index (χ3n) is 11.0. The zero-order chi connectivity index (χ0) is 21.7. The van der Waals surface area contributed by atoms with Crippen molar-refractivity contribution in [2.24, 2.45) is 40.9 Å². The highest BCUT2D eigenvalue weighted by atomic mass is 16.5. The molecule has 0 unspecified atom stereocenters. The lowest BCUT2D eigenvalue weighted by Gasteiger charge is -2.51. The topological polar surface area (TPSA) is 55.4 Å². The minimum absolute atomic E-state index is 0.0127. The predicted octanol–water partition coefficient (Wildman–Crippen LogP) is 4.47. The Kier molecular flexibility index (Phi) is 4.49. The van der Waals surface area contributed by atoms with E-state index in [1.54, 1.807) is 0 Å². The van der Waals surface area contributed by atoms with Crippen LogP contribution in [0.15, 0.2) is 11.1 Å². The number of ketones is 2. The summed E-state index contributed by atoms with van der Waals surface area (Å²) in [6, 6.07) is 0.410. The number of Topliss-reactive ketones (excluding diaryl/α,β-unsaturated/α-hetero) is 2. The molecule has 31 heavy (non-hydrogen) atoms. The van der Waals surface area contributed by atoms with Crippen LogP contribution in [-0.4, -0.2) is 35.9 Å². The second-order valence-corrected chi connectivity index (χ2v) is 12.3. The molecule has 0 bridgehead atoms. The number of nitrogens with one attached hydrogen (secondary N) is 1. The second kappa shape index (κ2) is 6.76. The van der Waals surface area contributed by atoms with Crippen molar-refractivity contribution in [3.8, 4) is 0 Å². The van der Waals surface area contributed by atoms with Gasteiger partial charge >= 0.3 is 0 Å². The summed E-state index contributed by atoms with van der Waals surface area (Å²) in [6.45, 7) is 10.3. The summed E-state index contributed by atoms with van der Waals surface area (Å²) in [7, 11) is 0. The Bertz CT molecular complexity index is 863. The molecule has 0 aromatic rings. The first-order valence-electron chi connectivity index (χ1n) is 12.9. The molecule has 2 saturated heterocycles. The van der Waals surface area contributed by atoms with E-state index in [4.69, 9.17) is 4.74 Å². The molecule has 6 rings (SSSR count). The quantitative estimate of drug-likeness (QED) is 0.622. The maximum Gasteiger partial charge on any atom is 0.163 e. The monoisotopic (exact) mass is 425 g/mol. The third kappa shape index (κ3) is 2.61. The van der Waals surface area contributed by atoms with E-state index in [1.165, 1.54) is 5.57 Å². The Morgan fingerprint density at radius 2 is 1.90 bits per heavy atom. The molecule has 0 aromatic carbocycles. The SMILES string of the molecule is CC1=C2C(=O)[C@H]3[C@@H](CC[C@@H]4CC(=O)CC[C@@]43C)[C@@H]2CC[C@]12O[C@@H]1C[C@H](C)CN[C@H]1[C@H]2C. The molecule has 10 atom stereocenters. The first-order chi connectivity index (χ1) is 14.8. The lowest BCUT2D eigenvalue weighted by atomic mass is 9.52. The smallest absolute Gasteiger partial charge is 0.163 e. The Hall–Kier alpha value is -1.00. The van der Waals surface area contributed by atoms with Gasteiger partial charge in [0.2, 0.25) is 0 Å². The van der Waals surface area contributed by atoms with Gasteiger partial charge in [-0.2, -0.15) is 0 Å². The molecule has 0 amide bonds. The number of carbonyl (C=O) groups excluding carboxylic acids is 2. The van der Waals surface area contributed by atoms with Crippen molar-refractivity contribution in [1.29, 1.82) is 0 Å². The number of ether oxygens (including phenoxy) is 1. The molecular formula is C27H39NO3. The van der Waals surface area contributed by atoms with Crippen molar-refractivity contribution < 1.29 is 14.3 Å². The van der Waals surface area contributed by atoms with Crippen molar-refractivity contribution >= 4 is 11.6 Å². The molecule has 6 aliphatic rings. The summed E-state index contributed by atoms with van der Waals surface area (Å²) in [5, 5.41) is 3.78. The number of hydrogen-bond donors (Lipinski definition) is 1. The molecule has 5 fully saturated rings. The fourth-order valence-electron chi connectivity index (χ4n) is 9.31. The van der Waals surface area contributed by atoms with E-state index in [0.717, 1.165) is 50.6 Å². The first kappa shape index (κ1) is 20.6. The predicted molar refractivity (Wildman–Crippen MR) is 119 cm³/mol. The molecule has 2 aliphatic heterocycles. The van der Waals surface area contributed by atoms with E-state index >= 15 is 0 Å². The van der Waals surface area contributed by atoms with Crippen molar-refractivity contribution in [3.05, 3.63) is 11.1 Å². The van der Waals surface area contributed by atoms with Crippen molar-refractivity contribution in [2.45, 2.75) is 96.8 Å². The van der Waals surface area contributed by atoms with Gasteiger partial charge in [0.05, 0.1) is 11.7 Å². The van der Waals surface area contributed by atoms with Crippen LogP contribution in [0, 0.1) is 40.9 Å². The molecular weight excluding hydrogens is 386 g/mol. The number of rotatable bonds is 0. The second-order valence-electron chi connectivity index (χ2n) is 12.3. The van der Waals surface area contributed by atoms with Gasteiger partial charge in [-0.25, -0.2) is 0 Å². The number of piperidine rings is 1. The van der Waals surface area contributed by atoms with Crippen molar-refractivity contribution in [2.75, 3.05) is 6.54 Å². The van der Waals surface area contributed by atoms with Crippen LogP contribution in [0.5, 0.6) is 0 Å². The fraction of sp³-hybridized carbons (Fsp3) is 0.852. The summed E-state index contributed by atoms with van der Waals surface area (Å²) >= 11 is 0. The molecule has 170 valence electrons. The van der Waals surface area contributed by atoms with Gasteiger partial charge in [-0.05, 0) is 86.7 Å². The zero-order valence-electron chi connectivity index (χ0n) is 19.7. The molecule has 0 radical (unpaired) electrons. The average Bonchev–Trinajstić information content (AvgIpc) is 3.18. The van der Waals surface area contributed by atoms with Gasteiger partial charge in [-0.15, -0.1) is 0 Å². The fourth-order valence-corrected chi connectivity index (χ4v) is 9.31. The molecule has 1 spiro atoms. The van der Waals surface area contributed by atoms with E-state index in [0.29, 0.717) is 60.0 Å². The van der Waals surface area contributed by atoms with Gasteiger partial charge < -0.3 is 10.1 Å². The van der Waals surface area contributed by atoms with Crippen LogP contribution in [0.3, 0.4) is 0 Å². The minimum Gasteiger partial charge on any atom is -0.365 e. The largest absolute Gasteiger partial charge is 0.365 e. The summed E-state index contributed by atoms with van der Waals surface area (Å²) in [6.07, 6.45) is 8.09. The Labute approximate surface area is 186 Å². The molecule has 2 heterocycles. The van der Waals surface area contributed by atoms with E-state index in [9.17, 15) is 9.59 Å². The van der Waals surface area contributed by atoms with Gasteiger partial charge in [-0.1, -0.05) is 20.8 Å². The van der Waals surface area contributed by atoms with Crippen molar-refractivity contribution in [3.63, 3.8) is 0 Å². The molecule has 3 saturated carbocycles. The van der Waals surface area contributed by atoms with Crippen LogP contribution in [0.25, 0.3) is 0 Å². The summed E-state index contributed by atoms with van der Waals surface area (Å²) in [5.74, 6) is 3.34. The van der Waals surface area contributed by atoms with Crippen LogP contribution in [0.1, 0.15) is 79.1 Å². The van der Waals surface area contributed by atoms with Crippen LogP contribution in [-0.2, 0) is 14.3 Å². The highest BCUT2D eigenvalue weighted by Crippen LogP contribution is 2.64.